The van der Waals surface area contributed by atoms with Gasteiger partial charge >= 0.3 is 5.97 Å². The summed E-state index contributed by atoms with van der Waals surface area (Å²) in [4.78, 5) is 19.4. The van der Waals surface area contributed by atoms with E-state index in [0.717, 1.165) is 6.54 Å². The predicted octanol–water partition coefficient (Wildman–Crippen LogP) is 1.27. The first-order chi connectivity index (χ1) is 8.26. The first-order valence-corrected chi connectivity index (χ1v) is 5.71. The molecule has 0 fully saturated rings. The van der Waals surface area contributed by atoms with Gasteiger partial charge < -0.3 is 15.4 Å². The van der Waals surface area contributed by atoms with Crippen molar-refractivity contribution in [2.45, 2.75) is 20.3 Å². The summed E-state index contributed by atoms with van der Waals surface area (Å²) in [5, 5.41) is 6.08. The summed E-state index contributed by atoms with van der Waals surface area (Å²) in [6.07, 6.45) is 3.59. The average Bonchev–Trinajstić information content (AvgIpc) is 2.30. The molecule has 0 atom stereocenters. The minimum absolute atomic E-state index is 0.212. The molecule has 6 nitrogen and oxygen atoms in total. The van der Waals surface area contributed by atoms with Crippen molar-refractivity contribution in [2.24, 2.45) is 0 Å². The van der Waals surface area contributed by atoms with Crippen LogP contribution in [0.3, 0.4) is 0 Å². The van der Waals surface area contributed by atoms with Crippen LogP contribution in [-0.2, 0) is 9.53 Å². The summed E-state index contributed by atoms with van der Waals surface area (Å²) in [5.74, 6) is 1.15. The molecule has 17 heavy (non-hydrogen) atoms. The summed E-state index contributed by atoms with van der Waals surface area (Å²) < 4.78 is 4.81. The molecule has 0 bridgehead atoms. The lowest BCUT2D eigenvalue weighted by Crippen LogP contribution is -2.12. The Hall–Kier alpha value is -1.85. The van der Waals surface area contributed by atoms with Gasteiger partial charge in [0.1, 0.15) is 11.6 Å². The van der Waals surface area contributed by atoms with Gasteiger partial charge in [-0.2, -0.15) is 0 Å². The second-order valence-electron chi connectivity index (χ2n) is 3.30. The smallest absolute Gasteiger partial charge is 0.307 e. The summed E-state index contributed by atoms with van der Waals surface area (Å²) in [7, 11) is 0. The van der Waals surface area contributed by atoms with Gasteiger partial charge in [0, 0.05) is 13.1 Å². The van der Waals surface area contributed by atoms with E-state index < -0.39 is 0 Å². The molecule has 1 rings (SSSR count). The first kappa shape index (κ1) is 13.2. The molecular weight excluding hydrogens is 220 g/mol. The summed E-state index contributed by atoms with van der Waals surface area (Å²) in [6.45, 7) is 5.47. The number of nitrogens with one attached hydrogen (secondary N) is 2. The number of anilines is 2. The third-order valence-electron chi connectivity index (χ3n) is 1.93. The molecule has 0 aliphatic carbocycles. The fourth-order valence-corrected chi connectivity index (χ4v) is 1.24. The van der Waals surface area contributed by atoms with Crippen LogP contribution in [0.5, 0.6) is 0 Å². The van der Waals surface area contributed by atoms with Crippen molar-refractivity contribution in [1.29, 1.82) is 0 Å². The Kier molecular flexibility index (Phi) is 5.77. The van der Waals surface area contributed by atoms with Crippen LogP contribution in [-0.4, -0.2) is 35.6 Å². The van der Waals surface area contributed by atoms with Crippen LogP contribution in [0, 0.1) is 0 Å². The van der Waals surface area contributed by atoms with Crippen LogP contribution in [0.15, 0.2) is 12.4 Å². The summed E-state index contributed by atoms with van der Waals surface area (Å²) in [5.41, 5.74) is 0. The molecule has 0 amide bonds. The third kappa shape index (κ3) is 5.14. The summed E-state index contributed by atoms with van der Waals surface area (Å²) >= 11 is 0. The van der Waals surface area contributed by atoms with Crippen LogP contribution >= 0.6 is 0 Å². The van der Waals surface area contributed by atoms with E-state index in [0.29, 0.717) is 31.2 Å². The zero-order chi connectivity index (χ0) is 12.5. The summed E-state index contributed by atoms with van der Waals surface area (Å²) in [6, 6.07) is 0. The van der Waals surface area contributed by atoms with Crippen LogP contribution in [0.1, 0.15) is 20.3 Å². The number of carbonyl (C=O) groups is 1. The Labute approximate surface area is 101 Å². The molecule has 0 saturated heterocycles. The van der Waals surface area contributed by atoms with Crippen molar-refractivity contribution < 1.29 is 9.53 Å². The van der Waals surface area contributed by atoms with Crippen molar-refractivity contribution in [3.8, 4) is 0 Å². The van der Waals surface area contributed by atoms with E-state index >= 15 is 0 Å². The zero-order valence-corrected chi connectivity index (χ0v) is 10.2. The van der Waals surface area contributed by atoms with Crippen LogP contribution in [0.4, 0.5) is 11.6 Å². The highest BCUT2D eigenvalue weighted by atomic mass is 16.5. The maximum atomic E-state index is 11.1. The fraction of sp³-hybridized carbons (Fsp3) is 0.545. The number of ether oxygens (including phenoxy) is 1. The van der Waals surface area contributed by atoms with Crippen LogP contribution in [0.25, 0.3) is 0 Å². The number of hydrogen-bond acceptors (Lipinski definition) is 6. The van der Waals surface area contributed by atoms with Crippen molar-refractivity contribution >= 4 is 17.6 Å². The van der Waals surface area contributed by atoms with Gasteiger partial charge in [0.25, 0.3) is 0 Å². The van der Waals surface area contributed by atoms with E-state index in [2.05, 4.69) is 20.6 Å². The largest absolute Gasteiger partial charge is 0.466 e. The first-order valence-electron chi connectivity index (χ1n) is 5.71. The van der Waals surface area contributed by atoms with Gasteiger partial charge in [-0.15, -0.1) is 0 Å². The van der Waals surface area contributed by atoms with E-state index in [9.17, 15) is 4.79 Å². The second kappa shape index (κ2) is 7.43. The molecule has 1 aromatic heterocycles. The van der Waals surface area contributed by atoms with Crippen molar-refractivity contribution in [3.63, 3.8) is 0 Å². The van der Waals surface area contributed by atoms with Gasteiger partial charge in [0.05, 0.1) is 25.4 Å². The highest BCUT2D eigenvalue weighted by molar-refractivity contribution is 5.69. The fourth-order valence-electron chi connectivity index (χ4n) is 1.24. The molecule has 2 N–H and O–H groups in total. The standard InChI is InChI=1S/C11H18N4O2/c1-3-13-9-7-12-8-10(15-9)14-6-5-11(16)17-4-2/h7-8H,3-6H2,1-2H3,(H2,13,14,15). The Balaban J connectivity index is 2.35. The number of esters is 1. The van der Waals surface area contributed by atoms with E-state index in [1.165, 1.54) is 0 Å². The molecule has 1 heterocycles. The number of nitrogens with zero attached hydrogens (tertiary/aromatic N) is 2. The molecule has 0 unspecified atom stereocenters. The molecule has 6 heteroatoms. The maximum absolute atomic E-state index is 11.1. The minimum atomic E-state index is -0.212. The molecule has 0 radical (unpaired) electrons. The lowest BCUT2D eigenvalue weighted by Gasteiger charge is -2.07. The minimum Gasteiger partial charge on any atom is -0.466 e. The lowest BCUT2D eigenvalue weighted by atomic mass is 10.4. The van der Waals surface area contributed by atoms with Gasteiger partial charge in [0.2, 0.25) is 0 Å². The molecular formula is C11H18N4O2. The lowest BCUT2D eigenvalue weighted by molar-refractivity contribution is -0.142. The van der Waals surface area contributed by atoms with E-state index in [-0.39, 0.29) is 5.97 Å². The molecule has 0 aliphatic rings. The quantitative estimate of drug-likeness (QED) is 0.697. The van der Waals surface area contributed by atoms with Crippen molar-refractivity contribution in [2.75, 3.05) is 30.3 Å². The maximum Gasteiger partial charge on any atom is 0.307 e. The third-order valence-corrected chi connectivity index (χ3v) is 1.93. The molecule has 0 aliphatic heterocycles. The van der Waals surface area contributed by atoms with E-state index in [4.69, 9.17) is 4.74 Å². The average molecular weight is 238 g/mol. The van der Waals surface area contributed by atoms with Crippen LogP contribution in [0.2, 0.25) is 0 Å². The van der Waals surface area contributed by atoms with Crippen molar-refractivity contribution in [1.82, 2.24) is 9.97 Å². The second-order valence-corrected chi connectivity index (χ2v) is 3.30. The number of hydrogen-bond donors (Lipinski definition) is 2. The Morgan fingerprint density at radius 2 is 2.00 bits per heavy atom. The Morgan fingerprint density at radius 3 is 2.65 bits per heavy atom. The van der Waals surface area contributed by atoms with Gasteiger partial charge in [-0.1, -0.05) is 0 Å². The van der Waals surface area contributed by atoms with Gasteiger partial charge in [-0.05, 0) is 13.8 Å². The van der Waals surface area contributed by atoms with Gasteiger partial charge in [-0.25, -0.2) is 4.98 Å². The molecule has 1 aromatic rings. The predicted molar refractivity (Wildman–Crippen MR) is 65.9 cm³/mol. The van der Waals surface area contributed by atoms with Crippen molar-refractivity contribution in [3.05, 3.63) is 12.4 Å². The molecule has 0 spiro atoms. The topological polar surface area (TPSA) is 76.1 Å². The highest BCUT2D eigenvalue weighted by Crippen LogP contribution is 2.06. The van der Waals surface area contributed by atoms with E-state index in [1.54, 1.807) is 19.3 Å². The van der Waals surface area contributed by atoms with Crippen LogP contribution < -0.4 is 10.6 Å². The number of carbonyl (C=O) groups excluding carboxylic acids is 1. The Morgan fingerprint density at radius 1 is 1.29 bits per heavy atom. The van der Waals surface area contributed by atoms with E-state index in [1.807, 2.05) is 6.92 Å². The zero-order valence-electron chi connectivity index (χ0n) is 10.2. The SMILES string of the molecule is CCNc1cncc(NCCC(=O)OCC)n1. The highest BCUT2D eigenvalue weighted by Gasteiger charge is 2.02. The number of rotatable bonds is 7. The molecule has 0 aromatic carbocycles. The van der Waals surface area contributed by atoms with Gasteiger partial charge in [-0.3, -0.25) is 9.78 Å². The monoisotopic (exact) mass is 238 g/mol. The molecule has 94 valence electrons. The Bertz CT molecular complexity index is 357. The normalized spacial score (nSPS) is 9.76. The number of aromatic nitrogens is 2. The van der Waals surface area contributed by atoms with Gasteiger partial charge in [0.15, 0.2) is 0 Å². The molecule has 0 saturated carbocycles.